The molecular formula is C15H22N2O2S. The predicted molar refractivity (Wildman–Crippen MR) is 81.8 cm³/mol. The summed E-state index contributed by atoms with van der Waals surface area (Å²) < 4.78 is 26.7. The maximum Gasteiger partial charge on any atom is 0.243 e. The zero-order valence-electron chi connectivity index (χ0n) is 12.5. The number of benzene rings is 1. The van der Waals surface area contributed by atoms with E-state index in [1.165, 1.54) is 4.31 Å². The normalized spacial score (nSPS) is 12.9. The summed E-state index contributed by atoms with van der Waals surface area (Å²) in [5.74, 6) is 5.60. The fourth-order valence-electron chi connectivity index (χ4n) is 1.76. The predicted octanol–water partition coefficient (Wildman–Crippen LogP) is 1.72. The van der Waals surface area contributed by atoms with Gasteiger partial charge < -0.3 is 5.73 Å². The first-order chi connectivity index (χ1) is 9.34. The van der Waals surface area contributed by atoms with Gasteiger partial charge in [-0.25, -0.2) is 8.42 Å². The molecule has 1 atom stereocenters. The van der Waals surface area contributed by atoms with Crippen LogP contribution in [-0.2, 0) is 10.0 Å². The molecule has 1 rings (SSSR count). The smallest absolute Gasteiger partial charge is 0.243 e. The van der Waals surface area contributed by atoms with Crippen molar-refractivity contribution in [1.82, 2.24) is 4.31 Å². The third kappa shape index (κ3) is 3.60. The van der Waals surface area contributed by atoms with E-state index in [1.54, 1.807) is 32.2 Å². The molecule has 0 aliphatic rings. The van der Waals surface area contributed by atoms with Gasteiger partial charge in [-0.15, -0.1) is 0 Å². The molecule has 0 saturated heterocycles. The van der Waals surface area contributed by atoms with Gasteiger partial charge in [0.15, 0.2) is 0 Å². The van der Waals surface area contributed by atoms with Crippen molar-refractivity contribution < 1.29 is 8.42 Å². The molecule has 0 bridgehead atoms. The van der Waals surface area contributed by atoms with Crippen LogP contribution in [0.3, 0.4) is 0 Å². The highest BCUT2D eigenvalue weighted by atomic mass is 32.2. The van der Waals surface area contributed by atoms with E-state index in [0.717, 1.165) is 12.0 Å². The lowest BCUT2D eigenvalue weighted by Crippen LogP contribution is -2.35. The highest BCUT2D eigenvalue weighted by Crippen LogP contribution is 2.22. The summed E-state index contributed by atoms with van der Waals surface area (Å²) >= 11 is 0. The van der Waals surface area contributed by atoms with Gasteiger partial charge in [-0.05, 0) is 38.0 Å². The molecule has 0 fully saturated rings. The number of hydrogen-bond donors (Lipinski definition) is 1. The van der Waals surface area contributed by atoms with E-state index in [1.807, 2.05) is 13.8 Å². The Morgan fingerprint density at radius 3 is 2.60 bits per heavy atom. The Morgan fingerprint density at radius 2 is 2.05 bits per heavy atom. The van der Waals surface area contributed by atoms with Gasteiger partial charge in [0, 0.05) is 18.7 Å². The summed E-state index contributed by atoms with van der Waals surface area (Å²) in [6, 6.07) is 5.16. The lowest BCUT2D eigenvalue weighted by Gasteiger charge is -2.24. The molecule has 2 N–H and O–H groups in total. The second-order valence-electron chi connectivity index (χ2n) is 4.76. The fraction of sp³-hybridized carbons (Fsp3) is 0.467. The zero-order valence-corrected chi connectivity index (χ0v) is 13.3. The first-order valence-corrected chi connectivity index (χ1v) is 8.06. The Labute approximate surface area is 122 Å². The van der Waals surface area contributed by atoms with Crippen LogP contribution in [0, 0.1) is 18.8 Å². The van der Waals surface area contributed by atoms with Crippen molar-refractivity contribution in [3.05, 3.63) is 29.3 Å². The largest absolute Gasteiger partial charge is 0.320 e. The van der Waals surface area contributed by atoms with Gasteiger partial charge >= 0.3 is 0 Å². The van der Waals surface area contributed by atoms with Gasteiger partial charge in [-0.3, -0.25) is 0 Å². The Kier molecular flexibility index (Phi) is 5.75. The first kappa shape index (κ1) is 16.7. The van der Waals surface area contributed by atoms with Crippen LogP contribution < -0.4 is 5.73 Å². The zero-order chi connectivity index (χ0) is 15.3. The quantitative estimate of drug-likeness (QED) is 0.860. The van der Waals surface area contributed by atoms with Gasteiger partial charge in [-0.1, -0.05) is 24.8 Å². The van der Waals surface area contributed by atoms with Crippen LogP contribution in [-0.4, -0.2) is 32.4 Å². The SMILES string of the molecule is CCC(C)N(C)S(=O)(=O)c1cc(C#CCN)ccc1C. The molecule has 0 aromatic heterocycles. The molecule has 1 unspecified atom stereocenters. The van der Waals surface area contributed by atoms with Crippen LogP contribution in [0.2, 0.25) is 0 Å². The molecule has 5 heteroatoms. The second-order valence-corrected chi connectivity index (χ2v) is 6.73. The summed E-state index contributed by atoms with van der Waals surface area (Å²) in [4.78, 5) is 0.309. The van der Waals surface area contributed by atoms with Crippen LogP contribution in [0.25, 0.3) is 0 Å². The average molecular weight is 294 g/mol. The minimum Gasteiger partial charge on any atom is -0.320 e. The van der Waals surface area contributed by atoms with Gasteiger partial charge in [0.05, 0.1) is 11.4 Å². The minimum atomic E-state index is -3.49. The van der Waals surface area contributed by atoms with E-state index in [0.29, 0.717) is 10.5 Å². The van der Waals surface area contributed by atoms with Crippen LogP contribution in [0.1, 0.15) is 31.4 Å². The van der Waals surface area contributed by atoms with E-state index < -0.39 is 10.0 Å². The van der Waals surface area contributed by atoms with E-state index in [4.69, 9.17) is 5.73 Å². The summed E-state index contributed by atoms with van der Waals surface area (Å²) in [6.45, 7) is 5.90. The number of aryl methyl sites for hydroxylation is 1. The van der Waals surface area contributed by atoms with Crippen molar-refractivity contribution in [3.63, 3.8) is 0 Å². The summed E-state index contributed by atoms with van der Waals surface area (Å²) in [6.07, 6.45) is 0.765. The molecule has 0 amide bonds. The second kappa shape index (κ2) is 6.89. The summed E-state index contributed by atoms with van der Waals surface area (Å²) in [5, 5.41) is 0. The summed E-state index contributed by atoms with van der Waals surface area (Å²) in [5.41, 5.74) is 6.72. The van der Waals surface area contributed by atoms with Crippen LogP contribution in [0.4, 0.5) is 0 Å². The maximum absolute atomic E-state index is 12.6. The van der Waals surface area contributed by atoms with Gasteiger partial charge in [0.2, 0.25) is 10.0 Å². The standard InChI is InChI=1S/C15H22N2O2S/c1-5-13(3)17(4)20(18,19)15-11-14(7-6-10-16)9-8-12(15)2/h8-9,11,13H,5,10,16H2,1-4H3. The molecular weight excluding hydrogens is 272 g/mol. The highest BCUT2D eigenvalue weighted by molar-refractivity contribution is 7.89. The van der Waals surface area contributed by atoms with Gasteiger partial charge in [0.1, 0.15) is 0 Å². The number of hydrogen-bond acceptors (Lipinski definition) is 3. The third-order valence-corrected chi connectivity index (χ3v) is 5.51. The average Bonchev–Trinajstić information content (AvgIpc) is 2.44. The molecule has 1 aromatic carbocycles. The van der Waals surface area contributed by atoms with Gasteiger partial charge in [0.25, 0.3) is 0 Å². The number of rotatable bonds is 4. The lowest BCUT2D eigenvalue weighted by atomic mass is 10.1. The first-order valence-electron chi connectivity index (χ1n) is 6.62. The van der Waals surface area contributed by atoms with Crippen molar-refractivity contribution in [3.8, 4) is 11.8 Å². The van der Waals surface area contributed by atoms with Crippen molar-refractivity contribution in [2.45, 2.75) is 38.1 Å². The van der Waals surface area contributed by atoms with Gasteiger partial charge in [-0.2, -0.15) is 4.31 Å². The Morgan fingerprint density at radius 1 is 1.40 bits per heavy atom. The molecule has 0 aliphatic carbocycles. The lowest BCUT2D eigenvalue weighted by molar-refractivity contribution is 0.380. The van der Waals surface area contributed by atoms with Crippen molar-refractivity contribution in [1.29, 1.82) is 0 Å². The number of sulfonamides is 1. The molecule has 0 saturated carbocycles. The molecule has 0 aliphatic heterocycles. The molecule has 20 heavy (non-hydrogen) atoms. The van der Waals surface area contributed by atoms with Crippen LogP contribution in [0.15, 0.2) is 23.1 Å². The van der Waals surface area contributed by atoms with Crippen molar-refractivity contribution in [2.24, 2.45) is 5.73 Å². The number of nitrogens with zero attached hydrogens (tertiary/aromatic N) is 1. The molecule has 0 heterocycles. The monoisotopic (exact) mass is 294 g/mol. The summed E-state index contributed by atoms with van der Waals surface area (Å²) in [7, 11) is -1.88. The number of nitrogens with two attached hydrogens (primary N) is 1. The minimum absolute atomic E-state index is 0.0433. The van der Waals surface area contributed by atoms with E-state index in [-0.39, 0.29) is 12.6 Å². The Hall–Kier alpha value is -1.35. The molecule has 110 valence electrons. The van der Waals surface area contributed by atoms with E-state index in [9.17, 15) is 8.42 Å². The molecule has 0 spiro atoms. The Bertz CT molecular complexity index is 627. The topological polar surface area (TPSA) is 63.4 Å². The fourth-order valence-corrected chi connectivity index (χ4v) is 3.44. The van der Waals surface area contributed by atoms with Crippen LogP contribution in [0.5, 0.6) is 0 Å². The van der Waals surface area contributed by atoms with Crippen LogP contribution >= 0.6 is 0 Å². The molecule has 0 radical (unpaired) electrons. The third-order valence-electron chi connectivity index (χ3n) is 3.39. The molecule has 4 nitrogen and oxygen atoms in total. The van der Waals surface area contributed by atoms with Crippen molar-refractivity contribution in [2.75, 3.05) is 13.6 Å². The highest BCUT2D eigenvalue weighted by Gasteiger charge is 2.26. The van der Waals surface area contributed by atoms with Crippen molar-refractivity contribution >= 4 is 10.0 Å². The Balaban J connectivity index is 3.30. The molecule has 1 aromatic rings. The maximum atomic E-state index is 12.6. The van der Waals surface area contributed by atoms with E-state index in [2.05, 4.69) is 11.8 Å². The van der Waals surface area contributed by atoms with E-state index >= 15 is 0 Å².